The third-order valence-electron chi connectivity index (χ3n) is 3.92. The minimum atomic E-state index is -0.180. The van der Waals surface area contributed by atoms with Crippen molar-refractivity contribution in [3.05, 3.63) is 47.5 Å². The molecule has 1 aliphatic heterocycles. The van der Waals surface area contributed by atoms with E-state index >= 15 is 0 Å². The van der Waals surface area contributed by atoms with Crippen LogP contribution >= 0.6 is 0 Å². The van der Waals surface area contributed by atoms with E-state index in [9.17, 15) is 9.59 Å². The molecule has 0 amide bonds. The Bertz CT molecular complexity index is 540. The molecule has 4 heteroatoms. The Balaban J connectivity index is 1.71. The van der Waals surface area contributed by atoms with E-state index < -0.39 is 0 Å². The maximum Gasteiger partial charge on any atom is 0.305 e. The van der Waals surface area contributed by atoms with Crippen molar-refractivity contribution in [1.29, 1.82) is 0 Å². The third-order valence-corrected chi connectivity index (χ3v) is 3.92. The van der Waals surface area contributed by atoms with Gasteiger partial charge in [0.15, 0.2) is 5.78 Å². The van der Waals surface area contributed by atoms with Crippen LogP contribution < -0.4 is 0 Å². The molecule has 0 radical (unpaired) electrons. The number of benzene rings is 1. The summed E-state index contributed by atoms with van der Waals surface area (Å²) < 4.78 is 4.87. The predicted molar refractivity (Wildman–Crippen MR) is 90.3 cm³/mol. The van der Waals surface area contributed by atoms with Crippen LogP contribution in [0.15, 0.2) is 36.4 Å². The van der Waals surface area contributed by atoms with Crippen LogP contribution in [0.25, 0.3) is 0 Å². The fourth-order valence-electron chi connectivity index (χ4n) is 2.64. The Morgan fingerprint density at radius 3 is 2.35 bits per heavy atom. The molecule has 0 fully saturated rings. The third kappa shape index (κ3) is 5.99. The van der Waals surface area contributed by atoms with Crippen molar-refractivity contribution < 1.29 is 14.3 Å². The highest BCUT2D eigenvalue weighted by Crippen LogP contribution is 2.13. The number of ketones is 1. The summed E-state index contributed by atoms with van der Waals surface area (Å²) >= 11 is 0. The summed E-state index contributed by atoms with van der Waals surface area (Å²) in [6.45, 7) is 5.13. The number of nitrogens with zero attached hydrogens (tertiary/aromatic N) is 1. The Morgan fingerprint density at radius 1 is 1.04 bits per heavy atom. The van der Waals surface area contributed by atoms with E-state index in [1.807, 2.05) is 24.3 Å². The van der Waals surface area contributed by atoms with Crippen molar-refractivity contribution >= 4 is 11.8 Å². The summed E-state index contributed by atoms with van der Waals surface area (Å²) in [5.41, 5.74) is 1.98. The van der Waals surface area contributed by atoms with Gasteiger partial charge in [-0.1, -0.05) is 36.4 Å². The zero-order valence-corrected chi connectivity index (χ0v) is 13.8. The maximum atomic E-state index is 12.1. The van der Waals surface area contributed by atoms with Gasteiger partial charge in [0.2, 0.25) is 0 Å². The first-order valence-electron chi connectivity index (χ1n) is 8.34. The van der Waals surface area contributed by atoms with E-state index in [0.29, 0.717) is 25.9 Å². The highest BCUT2D eigenvalue weighted by molar-refractivity contribution is 5.96. The summed E-state index contributed by atoms with van der Waals surface area (Å²) in [6, 6.07) is 7.88. The topological polar surface area (TPSA) is 46.6 Å². The van der Waals surface area contributed by atoms with Gasteiger partial charge >= 0.3 is 5.97 Å². The normalized spacial score (nSPS) is 14.1. The maximum absolute atomic E-state index is 12.1. The van der Waals surface area contributed by atoms with E-state index in [1.54, 1.807) is 6.92 Å². The quantitative estimate of drug-likeness (QED) is 0.303. The first-order valence-corrected chi connectivity index (χ1v) is 8.34. The van der Waals surface area contributed by atoms with Gasteiger partial charge < -0.3 is 4.74 Å². The molecule has 0 aliphatic carbocycles. The molecular weight excluding hydrogens is 290 g/mol. The molecule has 1 aromatic rings. The van der Waals surface area contributed by atoms with Crippen LogP contribution in [0, 0.1) is 0 Å². The molecule has 0 spiro atoms. The average molecular weight is 315 g/mol. The summed E-state index contributed by atoms with van der Waals surface area (Å²) in [5, 5.41) is 0. The van der Waals surface area contributed by atoms with Gasteiger partial charge in [0, 0.05) is 38.0 Å². The number of ether oxygens (including phenoxy) is 1. The standard InChI is InChI=1S/C19H25NO3/c1-2-23-19(22)8-4-3-7-18(21)17-11-9-16(10-12-17)15-20-13-5-6-14-20/h5-6,9-12H,2-4,7-8,13-15H2,1H3. The molecule has 1 heterocycles. The van der Waals surface area contributed by atoms with E-state index in [-0.39, 0.29) is 11.8 Å². The molecule has 0 unspecified atom stereocenters. The van der Waals surface area contributed by atoms with Gasteiger partial charge in [0.05, 0.1) is 6.61 Å². The van der Waals surface area contributed by atoms with Crippen molar-refractivity contribution in [2.75, 3.05) is 19.7 Å². The fraction of sp³-hybridized carbons (Fsp3) is 0.474. The zero-order valence-electron chi connectivity index (χ0n) is 13.8. The second-order valence-corrected chi connectivity index (χ2v) is 5.80. The molecule has 124 valence electrons. The van der Waals surface area contributed by atoms with Gasteiger partial charge in [-0.05, 0) is 25.3 Å². The van der Waals surface area contributed by atoms with Crippen LogP contribution in [0.3, 0.4) is 0 Å². The van der Waals surface area contributed by atoms with Crippen LogP contribution in [0.5, 0.6) is 0 Å². The molecule has 0 saturated carbocycles. The van der Waals surface area contributed by atoms with E-state index in [0.717, 1.165) is 31.6 Å². The molecule has 1 aromatic carbocycles. The second-order valence-electron chi connectivity index (χ2n) is 5.80. The number of esters is 1. The van der Waals surface area contributed by atoms with Gasteiger partial charge in [-0.3, -0.25) is 14.5 Å². The molecular formula is C19H25NO3. The molecule has 2 rings (SSSR count). The number of rotatable bonds is 9. The largest absolute Gasteiger partial charge is 0.466 e. The van der Waals surface area contributed by atoms with E-state index in [1.165, 1.54) is 5.56 Å². The molecule has 0 bridgehead atoms. The minimum absolute atomic E-state index is 0.142. The van der Waals surface area contributed by atoms with Crippen LogP contribution in [0.1, 0.15) is 48.5 Å². The van der Waals surface area contributed by atoms with Crippen LogP contribution in [-0.4, -0.2) is 36.3 Å². The lowest BCUT2D eigenvalue weighted by Crippen LogP contribution is -2.19. The summed E-state index contributed by atoms with van der Waals surface area (Å²) in [7, 11) is 0. The Labute approximate surface area is 138 Å². The lowest BCUT2D eigenvalue weighted by Gasteiger charge is -2.14. The molecule has 0 saturated heterocycles. The van der Waals surface area contributed by atoms with Crippen molar-refractivity contribution in [3.8, 4) is 0 Å². The molecule has 1 aliphatic rings. The lowest BCUT2D eigenvalue weighted by atomic mass is 10.0. The van der Waals surface area contributed by atoms with Crippen molar-refractivity contribution in [3.63, 3.8) is 0 Å². The number of hydrogen-bond acceptors (Lipinski definition) is 4. The Kier molecular flexibility index (Phi) is 7.01. The van der Waals surface area contributed by atoms with Crippen LogP contribution in [0.2, 0.25) is 0 Å². The van der Waals surface area contributed by atoms with Gasteiger partial charge in [-0.2, -0.15) is 0 Å². The number of carbonyl (C=O) groups is 2. The molecule has 4 nitrogen and oxygen atoms in total. The average Bonchev–Trinajstić information content (AvgIpc) is 3.05. The molecule has 0 N–H and O–H groups in total. The number of carbonyl (C=O) groups excluding carboxylic acids is 2. The highest BCUT2D eigenvalue weighted by atomic mass is 16.5. The number of Topliss-reactive ketones (excluding diaryl/α,β-unsaturated/α-hetero) is 1. The van der Waals surface area contributed by atoms with Crippen LogP contribution in [-0.2, 0) is 16.1 Å². The van der Waals surface area contributed by atoms with E-state index in [2.05, 4.69) is 17.1 Å². The lowest BCUT2D eigenvalue weighted by molar-refractivity contribution is -0.143. The van der Waals surface area contributed by atoms with Crippen molar-refractivity contribution in [2.24, 2.45) is 0 Å². The number of hydrogen-bond donors (Lipinski definition) is 0. The van der Waals surface area contributed by atoms with Crippen molar-refractivity contribution in [1.82, 2.24) is 4.90 Å². The SMILES string of the molecule is CCOC(=O)CCCCC(=O)c1ccc(CN2CC=CC2)cc1. The Hall–Kier alpha value is -1.94. The number of unbranched alkanes of at least 4 members (excludes halogenated alkanes) is 1. The molecule has 23 heavy (non-hydrogen) atoms. The monoisotopic (exact) mass is 315 g/mol. The van der Waals surface area contributed by atoms with Gasteiger partial charge in [0.1, 0.15) is 0 Å². The van der Waals surface area contributed by atoms with Gasteiger partial charge in [-0.25, -0.2) is 0 Å². The van der Waals surface area contributed by atoms with Crippen molar-refractivity contribution in [2.45, 2.75) is 39.2 Å². The molecule has 0 atom stereocenters. The molecule has 0 aromatic heterocycles. The summed E-state index contributed by atoms with van der Waals surface area (Å²) in [4.78, 5) is 25.7. The van der Waals surface area contributed by atoms with Gasteiger partial charge in [-0.15, -0.1) is 0 Å². The Morgan fingerprint density at radius 2 is 1.70 bits per heavy atom. The van der Waals surface area contributed by atoms with Gasteiger partial charge in [0.25, 0.3) is 0 Å². The van der Waals surface area contributed by atoms with Crippen LogP contribution in [0.4, 0.5) is 0 Å². The second kappa shape index (κ2) is 9.26. The smallest absolute Gasteiger partial charge is 0.305 e. The van der Waals surface area contributed by atoms with E-state index in [4.69, 9.17) is 4.74 Å². The zero-order chi connectivity index (χ0) is 16.5. The fourth-order valence-corrected chi connectivity index (χ4v) is 2.64. The predicted octanol–water partition coefficient (Wildman–Crippen LogP) is 3.36. The first-order chi connectivity index (χ1) is 11.2. The summed E-state index contributed by atoms with van der Waals surface area (Å²) in [6.07, 6.45) is 6.64. The first kappa shape index (κ1) is 17.4. The minimum Gasteiger partial charge on any atom is -0.466 e. The highest BCUT2D eigenvalue weighted by Gasteiger charge is 2.09. The summed E-state index contributed by atoms with van der Waals surface area (Å²) in [5.74, 6) is -0.0380.